The van der Waals surface area contributed by atoms with Crippen LogP contribution in [0.25, 0.3) is 0 Å². The van der Waals surface area contributed by atoms with Crippen LogP contribution in [0.4, 0.5) is 5.69 Å². The Kier molecular flexibility index (Phi) is 4.29. The summed E-state index contributed by atoms with van der Waals surface area (Å²) in [7, 11) is 1.84. The normalized spacial score (nSPS) is 11.9. The van der Waals surface area contributed by atoms with E-state index in [9.17, 15) is 4.79 Å². The first-order valence-corrected chi connectivity index (χ1v) is 6.46. The highest BCUT2D eigenvalue weighted by Gasteiger charge is 2.17. The number of nitrogens with zero attached hydrogens (tertiary/aromatic N) is 4. The third-order valence-electron chi connectivity index (χ3n) is 2.91. The van der Waals surface area contributed by atoms with Crippen LogP contribution in [0, 0.1) is 0 Å². The number of hydrogen-bond acceptors (Lipinski definition) is 5. The Labute approximate surface area is 117 Å². The largest absolute Gasteiger partial charge is 0.383 e. The lowest BCUT2D eigenvalue weighted by atomic mass is 10.2. The zero-order valence-corrected chi connectivity index (χ0v) is 11.8. The van der Waals surface area contributed by atoms with Crippen molar-refractivity contribution in [3.05, 3.63) is 36.2 Å². The van der Waals surface area contributed by atoms with Crippen LogP contribution in [0.3, 0.4) is 0 Å². The fourth-order valence-electron chi connectivity index (χ4n) is 1.95. The van der Waals surface area contributed by atoms with Crippen molar-refractivity contribution < 1.29 is 4.79 Å². The molecule has 106 valence electrons. The Bertz CT molecular complexity index is 594. The maximum atomic E-state index is 12.3. The molecule has 2 aromatic rings. The van der Waals surface area contributed by atoms with Crippen molar-refractivity contribution in [2.24, 2.45) is 7.05 Å². The minimum atomic E-state index is -0.224. The molecule has 1 atom stereocenters. The maximum Gasteiger partial charge on any atom is 0.254 e. The van der Waals surface area contributed by atoms with Gasteiger partial charge in [-0.25, -0.2) is 0 Å². The molecule has 0 aliphatic heterocycles. The molecule has 20 heavy (non-hydrogen) atoms. The lowest BCUT2D eigenvalue weighted by Crippen LogP contribution is -2.29. The third-order valence-corrected chi connectivity index (χ3v) is 2.91. The SMILES string of the molecule is CCNc1cnccc1C(=O)NC(C)c1nncn1C. The quantitative estimate of drug-likeness (QED) is 0.854. The smallest absolute Gasteiger partial charge is 0.254 e. The average molecular weight is 274 g/mol. The van der Waals surface area contributed by atoms with E-state index < -0.39 is 0 Å². The van der Waals surface area contributed by atoms with Crippen molar-refractivity contribution in [3.8, 4) is 0 Å². The van der Waals surface area contributed by atoms with Crippen LogP contribution < -0.4 is 10.6 Å². The van der Waals surface area contributed by atoms with Gasteiger partial charge in [-0.1, -0.05) is 0 Å². The first-order valence-electron chi connectivity index (χ1n) is 6.46. The van der Waals surface area contributed by atoms with Crippen LogP contribution in [-0.2, 0) is 7.05 Å². The highest BCUT2D eigenvalue weighted by atomic mass is 16.1. The summed E-state index contributed by atoms with van der Waals surface area (Å²) >= 11 is 0. The Morgan fingerprint density at radius 1 is 1.50 bits per heavy atom. The van der Waals surface area contributed by atoms with Crippen molar-refractivity contribution in [2.45, 2.75) is 19.9 Å². The van der Waals surface area contributed by atoms with Gasteiger partial charge in [0, 0.05) is 19.8 Å². The molecule has 0 radical (unpaired) electrons. The van der Waals surface area contributed by atoms with E-state index in [-0.39, 0.29) is 11.9 Å². The summed E-state index contributed by atoms with van der Waals surface area (Å²) in [5.74, 6) is 0.538. The van der Waals surface area contributed by atoms with Gasteiger partial charge in [0.15, 0.2) is 5.82 Å². The molecule has 0 saturated carbocycles. The highest BCUT2D eigenvalue weighted by Crippen LogP contribution is 2.15. The molecule has 0 fully saturated rings. The summed E-state index contributed by atoms with van der Waals surface area (Å²) in [4.78, 5) is 16.3. The summed E-state index contributed by atoms with van der Waals surface area (Å²) in [5.41, 5.74) is 1.29. The van der Waals surface area contributed by atoms with E-state index >= 15 is 0 Å². The van der Waals surface area contributed by atoms with E-state index in [2.05, 4.69) is 25.8 Å². The minimum Gasteiger partial charge on any atom is -0.383 e. The molecule has 2 rings (SSSR count). The van der Waals surface area contributed by atoms with Gasteiger partial charge >= 0.3 is 0 Å². The zero-order valence-electron chi connectivity index (χ0n) is 11.8. The predicted molar refractivity (Wildman–Crippen MR) is 75.3 cm³/mol. The number of nitrogens with one attached hydrogen (secondary N) is 2. The summed E-state index contributed by atoms with van der Waals surface area (Å²) in [6.07, 6.45) is 4.85. The molecule has 0 aliphatic rings. The average Bonchev–Trinajstić information content (AvgIpc) is 2.86. The molecule has 1 unspecified atom stereocenters. The van der Waals surface area contributed by atoms with E-state index in [0.29, 0.717) is 11.4 Å². The van der Waals surface area contributed by atoms with Gasteiger partial charge in [-0.2, -0.15) is 0 Å². The molecule has 7 nitrogen and oxygen atoms in total. The molecule has 0 aromatic carbocycles. The summed E-state index contributed by atoms with van der Waals surface area (Å²) < 4.78 is 1.78. The molecule has 2 aromatic heterocycles. The second-order valence-electron chi connectivity index (χ2n) is 4.45. The van der Waals surface area contributed by atoms with Crippen LogP contribution in [0.5, 0.6) is 0 Å². The predicted octanol–water partition coefficient (Wildman–Crippen LogP) is 1.13. The topological polar surface area (TPSA) is 84.7 Å². The summed E-state index contributed by atoms with van der Waals surface area (Å²) in [5, 5.41) is 13.8. The number of amides is 1. The highest BCUT2D eigenvalue weighted by molar-refractivity contribution is 5.99. The van der Waals surface area contributed by atoms with Crippen molar-refractivity contribution in [1.82, 2.24) is 25.1 Å². The number of rotatable bonds is 5. The van der Waals surface area contributed by atoms with Crippen LogP contribution in [0.15, 0.2) is 24.8 Å². The van der Waals surface area contributed by atoms with Crippen molar-refractivity contribution in [2.75, 3.05) is 11.9 Å². The van der Waals surface area contributed by atoms with E-state index in [1.807, 2.05) is 20.9 Å². The van der Waals surface area contributed by atoms with Crippen LogP contribution in [0.2, 0.25) is 0 Å². The van der Waals surface area contributed by atoms with E-state index in [1.54, 1.807) is 29.4 Å². The van der Waals surface area contributed by atoms with Gasteiger partial charge in [-0.05, 0) is 19.9 Å². The van der Waals surface area contributed by atoms with E-state index in [0.717, 1.165) is 12.2 Å². The van der Waals surface area contributed by atoms with Gasteiger partial charge in [-0.3, -0.25) is 9.78 Å². The standard InChI is InChI=1S/C13H18N6O/c1-4-15-11-7-14-6-5-10(11)13(20)17-9(2)12-18-16-8-19(12)3/h5-9,15H,4H2,1-3H3,(H,17,20). The number of aryl methyl sites for hydroxylation is 1. The van der Waals surface area contributed by atoms with Gasteiger partial charge in [0.2, 0.25) is 0 Å². The van der Waals surface area contributed by atoms with Crippen LogP contribution in [0.1, 0.15) is 36.1 Å². The molecule has 1 amide bonds. The van der Waals surface area contributed by atoms with Gasteiger partial charge in [0.25, 0.3) is 5.91 Å². The number of hydrogen-bond donors (Lipinski definition) is 2. The molecule has 0 saturated heterocycles. The number of pyridine rings is 1. The number of carbonyl (C=O) groups is 1. The third kappa shape index (κ3) is 2.93. The fraction of sp³-hybridized carbons (Fsp3) is 0.385. The maximum absolute atomic E-state index is 12.3. The van der Waals surface area contributed by atoms with Crippen LogP contribution >= 0.6 is 0 Å². The van der Waals surface area contributed by atoms with Gasteiger partial charge in [-0.15, -0.1) is 10.2 Å². The Morgan fingerprint density at radius 2 is 2.30 bits per heavy atom. The Morgan fingerprint density at radius 3 is 2.95 bits per heavy atom. The molecule has 0 aliphatic carbocycles. The van der Waals surface area contributed by atoms with Crippen molar-refractivity contribution in [1.29, 1.82) is 0 Å². The molecule has 0 spiro atoms. The molecular weight excluding hydrogens is 256 g/mol. The van der Waals surface area contributed by atoms with Crippen LogP contribution in [-0.4, -0.2) is 32.2 Å². The molecule has 7 heteroatoms. The first kappa shape index (κ1) is 14.0. The van der Waals surface area contributed by atoms with Crippen molar-refractivity contribution >= 4 is 11.6 Å². The van der Waals surface area contributed by atoms with Gasteiger partial charge in [0.1, 0.15) is 6.33 Å². The lowest BCUT2D eigenvalue weighted by Gasteiger charge is -2.15. The number of carbonyl (C=O) groups excluding carboxylic acids is 1. The molecule has 2 heterocycles. The van der Waals surface area contributed by atoms with Gasteiger partial charge < -0.3 is 15.2 Å². The molecule has 0 bridgehead atoms. The van der Waals surface area contributed by atoms with Gasteiger partial charge in [0.05, 0.1) is 23.5 Å². The minimum absolute atomic E-state index is 0.168. The lowest BCUT2D eigenvalue weighted by molar-refractivity contribution is 0.0938. The Hall–Kier alpha value is -2.44. The monoisotopic (exact) mass is 274 g/mol. The fourth-order valence-corrected chi connectivity index (χ4v) is 1.95. The molecular formula is C13H18N6O. The second kappa shape index (κ2) is 6.14. The molecule has 2 N–H and O–H groups in total. The van der Waals surface area contributed by atoms with E-state index in [1.165, 1.54) is 0 Å². The number of aromatic nitrogens is 4. The van der Waals surface area contributed by atoms with E-state index in [4.69, 9.17) is 0 Å². The van der Waals surface area contributed by atoms with Crippen molar-refractivity contribution in [3.63, 3.8) is 0 Å². The number of anilines is 1. The summed E-state index contributed by atoms with van der Waals surface area (Å²) in [6, 6.07) is 1.47. The zero-order chi connectivity index (χ0) is 14.5. The first-order chi connectivity index (χ1) is 9.63. The second-order valence-corrected chi connectivity index (χ2v) is 4.45. The Balaban J connectivity index is 2.14. The summed E-state index contributed by atoms with van der Waals surface area (Å²) in [6.45, 7) is 4.57.